The predicted molar refractivity (Wildman–Crippen MR) is 163 cm³/mol. The van der Waals surface area contributed by atoms with Gasteiger partial charge in [0, 0.05) is 24.8 Å². The Morgan fingerprint density at radius 2 is 1.76 bits per heavy atom. The number of ether oxygens (including phenoxy) is 2. The number of hydrogen-bond acceptors (Lipinski definition) is 6. The number of rotatable bonds is 5. The number of likely N-dealkylation sites (tertiary alicyclic amines) is 1. The lowest BCUT2D eigenvalue weighted by atomic mass is 9.78. The molecule has 1 saturated heterocycles. The van der Waals surface area contributed by atoms with Crippen molar-refractivity contribution < 1.29 is 37.7 Å². The Morgan fingerprint density at radius 3 is 2.44 bits per heavy atom. The van der Waals surface area contributed by atoms with Gasteiger partial charge in [0.25, 0.3) is 0 Å². The SMILES string of the molecule is CC(C)(C)OC(=O)N1CC[C@H](c2cccc(-c3ccc(O)cc3)c2)[C@@H](C(=O)N(c2ccc3c(c2)NC(=O)C(F)(F)O3)C2CC2)C1. The first-order chi connectivity index (χ1) is 21.3. The van der Waals surface area contributed by atoms with Gasteiger partial charge < -0.3 is 29.7 Å². The van der Waals surface area contributed by atoms with Crippen LogP contribution in [0.3, 0.4) is 0 Å². The van der Waals surface area contributed by atoms with Gasteiger partial charge >= 0.3 is 18.1 Å². The first-order valence-electron chi connectivity index (χ1n) is 15.0. The number of carbonyl (C=O) groups excluding carboxylic acids is 3. The van der Waals surface area contributed by atoms with Crippen LogP contribution in [0.15, 0.2) is 66.7 Å². The molecule has 236 valence electrons. The third-order valence-corrected chi connectivity index (χ3v) is 8.24. The van der Waals surface area contributed by atoms with Crippen LogP contribution >= 0.6 is 0 Å². The molecule has 2 aliphatic heterocycles. The average Bonchev–Trinajstić information content (AvgIpc) is 3.82. The molecule has 3 amide bonds. The molecule has 3 aliphatic rings. The molecule has 6 rings (SSSR count). The van der Waals surface area contributed by atoms with Crippen LogP contribution in [0.1, 0.15) is 51.5 Å². The van der Waals surface area contributed by atoms with E-state index in [1.54, 1.807) is 42.7 Å². The van der Waals surface area contributed by atoms with Gasteiger partial charge in [-0.25, -0.2) is 4.79 Å². The summed E-state index contributed by atoms with van der Waals surface area (Å²) in [5.74, 6) is -2.70. The Bertz CT molecular complexity index is 1630. The minimum absolute atomic E-state index is 0.0547. The van der Waals surface area contributed by atoms with Gasteiger partial charge in [-0.2, -0.15) is 8.78 Å². The summed E-state index contributed by atoms with van der Waals surface area (Å²) < 4.78 is 38.0. The Labute approximate surface area is 259 Å². The summed E-state index contributed by atoms with van der Waals surface area (Å²) in [6.45, 7) is 5.89. The zero-order valence-electron chi connectivity index (χ0n) is 25.3. The smallest absolute Gasteiger partial charge is 0.482 e. The van der Waals surface area contributed by atoms with Crippen LogP contribution in [0.25, 0.3) is 11.1 Å². The summed E-state index contributed by atoms with van der Waals surface area (Å²) in [7, 11) is 0. The third kappa shape index (κ3) is 6.43. The first-order valence-corrected chi connectivity index (χ1v) is 15.0. The number of carbonyl (C=O) groups is 3. The Hall–Kier alpha value is -4.67. The number of fused-ring (bicyclic) bond motifs is 1. The van der Waals surface area contributed by atoms with Crippen LogP contribution < -0.4 is 15.0 Å². The molecule has 1 saturated carbocycles. The number of aromatic hydroxyl groups is 1. The number of halogens is 2. The predicted octanol–water partition coefficient (Wildman–Crippen LogP) is 6.52. The molecular weight excluding hydrogens is 584 g/mol. The van der Waals surface area contributed by atoms with E-state index in [4.69, 9.17) is 4.74 Å². The van der Waals surface area contributed by atoms with Crippen molar-refractivity contribution in [2.45, 2.75) is 63.7 Å². The highest BCUT2D eigenvalue weighted by atomic mass is 19.3. The highest BCUT2D eigenvalue weighted by Crippen LogP contribution is 2.43. The number of piperidine rings is 1. The van der Waals surface area contributed by atoms with E-state index in [9.17, 15) is 28.3 Å². The fraction of sp³-hybridized carbons (Fsp3) is 0.382. The van der Waals surface area contributed by atoms with Crippen LogP contribution in [0.5, 0.6) is 11.5 Å². The molecule has 11 heteroatoms. The van der Waals surface area contributed by atoms with E-state index in [0.717, 1.165) is 29.5 Å². The number of phenols is 1. The lowest BCUT2D eigenvalue weighted by Crippen LogP contribution is -2.51. The lowest BCUT2D eigenvalue weighted by molar-refractivity contribution is -0.189. The number of hydrogen-bond donors (Lipinski definition) is 2. The molecule has 2 fully saturated rings. The second-order valence-corrected chi connectivity index (χ2v) is 12.8. The highest BCUT2D eigenvalue weighted by Gasteiger charge is 2.47. The number of anilines is 2. The summed E-state index contributed by atoms with van der Waals surface area (Å²) in [5, 5.41) is 11.9. The number of benzene rings is 3. The minimum atomic E-state index is -3.99. The molecule has 3 aromatic carbocycles. The van der Waals surface area contributed by atoms with E-state index in [-0.39, 0.29) is 41.6 Å². The fourth-order valence-electron chi connectivity index (χ4n) is 5.96. The summed E-state index contributed by atoms with van der Waals surface area (Å²) in [4.78, 5) is 42.9. The molecule has 0 bridgehead atoms. The van der Waals surface area contributed by atoms with Gasteiger partial charge in [-0.3, -0.25) is 9.59 Å². The molecule has 0 unspecified atom stereocenters. The molecule has 2 atom stereocenters. The second-order valence-electron chi connectivity index (χ2n) is 12.8. The molecule has 3 aromatic rings. The molecule has 9 nitrogen and oxygen atoms in total. The molecule has 0 spiro atoms. The quantitative estimate of drug-likeness (QED) is 0.337. The van der Waals surface area contributed by atoms with Gasteiger partial charge in [0.1, 0.15) is 11.4 Å². The third-order valence-electron chi connectivity index (χ3n) is 8.24. The van der Waals surface area contributed by atoms with E-state index in [1.807, 2.05) is 36.4 Å². The van der Waals surface area contributed by atoms with Crippen molar-refractivity contribution in [3.8, 4) is 22.6 Å². The number of phenolic OH excluding ortho intramolecular Hbond substituents is 1. The van der Waals surface area contributed by atoms with E-state index >= 15 is 0 Å². The molecule has 0 radical (unpaired) electrons. The first kappa shape index (κ1) is 30.4. The topological polar surface area (TPSA) is 108 Å². The van der Waals surface area contributed by atoms with Crippen LogP contribution in [0.2, 0.25) is 0 Å². The van der Waals surface area contributed by atoms with E-state index in [1.165, 1.54) is 18.2 Å². The van der Waals surface area contributed by atoms with Crippen molar-refractivity contribution in [3.05, 3.63) is 72.3 Å². The highest BCUT2D eigenvalue weighted by molar-refractivity contribution is 6.01. The monoisotopic (exact) mass is 619 g/mol. The standard InChI is InChI=1S/C34H35F2N3O6/c1-33(2,3)45-32(43)38-16-15-26(22-6-4-5-21(17-22)20-7-12-25(40)13-8-20)27(19-38)30(41)39(23-9-10-23)24-11-14-29-28(18-24)37-31(42)34(35,36)44-29/h4-8,11-14,17-18,23,26-27,40H,9-10,15-16,19H2,1-3H3,(H,37,42)/t26-,27+/m1/s1. The number of amides is 3. The second kappa shape index (κ2) is 11.4. The van der Waals surface area contributed by atoms with Crippen molar-refractivity contribution in [1.29, 1.82) is 0 Å². The number of nitrogens with zero attached hydrogens (tertiary/aromatic N) is 2. The average molecular weight is 620 g/mol. The van der Waals surface area contributed by atoms with Gasteiger partial charge in [-0.1, -0.05) is 36.4 Å². The molecule has 2 heterocycles. The van der Waals surface area contributed by atoms with E-state index in [0.29, 0.717) is 18.7 Å². The maximum absolute atomic E-state index is 14.6. The van der Waals surface area contributed by atoms with Crippen molar-refractivity contribution in [2.75, 3.05) is 23.3 Å². The summed E-state index contributed by atoms with van der Waals surface area (Å²) in [6, 6.07) is 19.0. The van der Waals surface area contributed by atoms with Crippen LogP contribution in [-0.2, 0) is 14.3 Å². The van der Waals surface area contributed by atoms with Crippen LogP contribution in [-0.4, -0.2) is 58.8 Å². The Kier molecular flexibility index (Phi) is 7.66. The Morgan fingerprint density at radius 1 is 1.02 bits per heavy atom. The largest absolute Gasteiger partial charge is 0.508 e. The van der Waals surface area contributed by atoms with E-state index < -0.39 is 29.6 Å². The van der Waals surface area contributed by atoms with Crippen LogP contribution in [0.4, 0.5) is 25.0 Å². The summed E-state index contributed by atoms with van der Waals surface area (Å²) in [5.41, 5.74) is 2.56. The normalized spacial score (nSPS) is 20.8. The van der Waals surface area contributed by atoms with Gasteiger partial charge in [-0.15, -0.1) is 0 Å². The number of alkyl halides is 2. The van der Waals surface area contributed by atoms with Crippen molar-refractivity contribution in [1.82, 2.24) is 4.90 Å². The molecule has 2 N–H and O–H groups in total. The van der Waals surface area contributed by atoms with E-state index in [2.05, 4.69) is 10.1 Å². The molecule has 45 heavy (non-hydrogen) atoms. The Balaban J connectivity index is 1.35. The summed E-state index contributed by atoms with van der Waals surface area (Å²) in [6.07, 6.45) is -2.46. The van der Waals surface area contributed by atoms with Crippen molar-refractivity contribution in [2.24, 2.45) is 5.92 Å². The molecular formula is C34H35F2N3O6. The van der Waals surface area contributed by atoms with Crippen LogP contribution in [0, 0.1) is 5.92 Å². The molecule has 1 aliphatic carbocycles. The van der Waals surface area contributed by atoms with Crippen molar-refractivity contribution >= 4 is 29.3 Å². The zero-order chi connectivity index (χ0) is 32.1. The lowest BCUT2D eigenvalue weighted by Gasteiger charge is -2.40. The maximum Gasteiger partial charge on any atom is 0.482 e. The maximum atomic E-state index is 14.6. The zero-order valence-corrected chi connectivity index (χ0v) is 25.3. The van der Waals surface area contributed by atoms with Gasteiger partial charge in [0.2, 0.25) is 5.91 Å². The van der Waals surface area contributed by atoms with Gasteiger partial charge in [0.15, 0.2) is 5.75 Å². The van der Waals surface area contributed by atoms with Crippen molar-refractivity contribution in [3.63, 3.8) is 0 Å². The van der Waals surface area contributed by atoms with Gasteiger partial charge in [-0.05, 0) is 93.0 Å². The van der Waals surface area contributed by atoms with Gasteiger partial charge in [0.05, 0.1) is 11.6 Å². The fourth-order valence-corrected chi connectivity index (χ4v) is 5.96. The molecule has 0 aromatic heterocycles. The summed E-state index contributed by atoms with van der Waals surface area (Å²) >= 11 is 0. The number of nitrogens with one attached hydrogen (secondary N) is 1. The minimum Gasteiger partial charge on any atom is -0.508 e.